The van der Waals surface area contributed by atoms with Crippen LogP contribution in [0.2, 0.25) is 0 Å². The first kappa shape index (κ1) is 7.31. The van der Waals surface area contributed by atoms with Crippen molar-refractivity contribution in [2.24, 2.45) is 5.73 Å². The number of hydrogen-bond donors (Lipinski definition) is 1. The summed E-state index contributed by atoms with van der Waals surface area (Å²) in [6.45, 7) is 1.95. The van der Waals surface area contributed by atoms with Crippen molar-refractivity contribution < 1.29 is 4.52 Å². The van der Waals surface area contributed by atoms with E-state index in [-0.39, 0.29) is 6.04 Å². The van der Waals surface area contributed by atoms with Crippen molar-refractivity contribution in [2.75, 3.05) is 0 Å². The molecule has 0 aliphatic heterocycles. The molecule has 1 aromatic carbocycles. The van der Waals surface area contributed by atoms with Gasteiger partial charge in [0.05, 0.1) is 0 Å². The van der Waals surface area contributed by atoms with E-state index in [0.717, 1.165) is 16.5 Å². The molecule has 0 bridgehead atoms. The van der Waals surface area contributed by atoms with Gasteiger partial charge in [0.15, 0.2) is 0 Å². The summed E-state index contributed by atoms with van der Waals surface area (Å²) < 4.78 is 4.85. The van der Waals surface area contributed by atoms with Crippen LogP contribution in [0.3, 0.4) is 0 Å². The summed E-state index contributed by atoms with van der Waals surface area (Å²) in [5.41, 5.74) is 7.71. The summed E-state index contributed by atoms with van der Waals surface area (Å²) in [6.07, 6.45) is 1.63. The van der Waals surface area contributed by atoms with Crippen LogP contribution in [0, 0.1) is 0 Å². The van der Waals surface area contributed by atoms with Crippen LogP contribution in [-0.4, -0.2) is 5.16 Å². The van der Waals surface area contributed by atoms with Crippen molar-refractivity contribution in [3.63, 3.8) is 0 Å². The molecule has 0 amide bonds. The molecule has 62 valence electrons. The van der Waals surface area contributed by atoms with E-state index in [1.807, 2.05) is 25.1 Å². The molecule has 0 saturated heterocycles. The predicted molar refractivity (Wildman–Crippen MR) is 46.6 cm³/mol. The molecule has 0 radical (unpaired) electrons. The molecule has 0 aliphatic carbocycles. The van der Waals surface area contributed by atoms with Crippen LogP contribution in [0.15, 0.2) is 29.0 Å². The van der Waals surface area contributed by atoms with E-state index in [1.165, 1.54) is 0 Å². The van der Waals surface area contributed by atoms with Gasteiger partial charge < -0.3 is 10.3 Å². The standard InChI is InChI=1S/C9H10N2O/c1-6(10)7-3-2-4-9-8(7)5-12-11-9/h2-6H,10H2,1H3. The Balaban J connectivity index is 2.73. The summed E-state index contributed by atoms with van der Waals surface area (Å²) in [6, 6.07) is 5.85. The highest BCUT2D eigenvalue weighted by Crippen LogP contribution is 2.21. The summed E-state index contributed by atoms with van der Waals surface area (Å²) in [7, 11) is 0. The van der Waals surface area contributed by atoms with E-state index in [0.29, 0.717) is 0 Å². The van der Waals surface area contributed by atoms with Gasteiger partial charge >= 0.3 is 0 Å². The Labute approximate surface area is 70.1 Å². The highest BCUT2D eigenvalue weighted by molar-refractivity contribution is 5.81. The van der Waals surface area contributed by atoms with Crippen molar-refractivity contribution in [3.05, 3.63) is 30.0 Å². The number of nitrogens with zero attached hydrogens (tertiary/aromatic N) is 1. The van der Waals surface area contributed by atoms with Crippen molar-refractivity contribution in [1.82, 2.24) is 5.16 Å². The molecule has 1 heterocycles. The Morgan fingerprint density at radius 3 is 3.08 bits per heavy atom. The first-order valence-corrected chi connectivity index (χ1v) is 3.87. The lowest BCUT2D eigenvalue weighted by Gasteiger charge is -2.04. The zero-order valence-electron chi connectivity index (χ0n) is 6.82. The fourth-order valence-corrected chi connectivity index (χ4v) is 1.31. The Morgan fingerprint density at radius 2 is 2.33 bits per heavy atom. The summed E-state index contributed by atoms with van der Waals surface area (Å²) in [4.78, 5) is 0. The average molecular weight is 162 g/mol. The molecule has 3 heteroatoms. The molecule has 12 heavy (non-hydrogen) atoms. The van der Waals surface area contributed by atoms with Crippen molar-refractivity contribution in [2.45, 2.75) is 13.0 Å². The van der Waals surface area contributed by atoms with Gasteiger partial charge in [-0.1, -0.05) is 17.3 Å². The van der Waals surface area contributed by atoms with Gasteiger partial charge in [0, 0.05) is 11.4 Å². The van der Waals surface area contributed by atoms with Crippen LogP contribution in [0.4, 0.5) is 0 Å². The quantitative estimate of drug-likeness (QED) is 0.696. The van der Waals surface area contributed by atoms with Gasteiger partial charge in [-0.2, -0.15) is 0 Å². The summed E-state index contributed by atoms with van der Waals surface area (Å²) in [5.74, 6) is 0. The molecule has 1 atom stereocenters. The van der Waals surface area contributed by atoms with Gasteiger partial charge in [-0.15, -0.1) is 0 Å². The van der Waals surface area contributed by atoms with Gasteiger partial charge in [-0.3, -0.25) is 0 Å². The van der Waals surface area contributed by atoms with Crippen LogP contribution in [0.25, 0.3) is 10.9 Å². The molecule has 0 spiro atoms. The molecule has 0 saturated carbocycles. The van der Waals surface area contributed by atoms with Crippen molar-refractivity contribution in [1.29, 1.82) is 0 Å². The lowest BCUT2D eigenvalue weighted by molar-refractivity contribution is 0.428. The van der Waals surface area contributed by atoms with Gasteiger partial charge in [0.1, 0.15) is 11.8 Å². The van der Waals surface area contributed by atoms with Gasteiger partial charge in [0.2, 0.25) is 0 Å². The second kappa shape index (κ2) is 2.60. The van der Waals surface area contributed by atoms with E-state index in [1.54, 1.807) is 6.26 Å². The average Bonchev–Trinajstić information content (AvgIpc) is 2.49. The van der Waals surface area contributed by atoms with Crippen molar-refractivity contribution in [3.8, 4) is 0 Å². The number of nitrogens with two attached hydrogens (primary N) is 1. The SMILES string of the molecule is CC(N)c1cccc2nocc12. The number of rotatable bonds is 1. The Bertz CT molecular complexity index is 392. The van der Waals surface area contributed by atoms with Crippen molar-refractivity contribution >= 4 is 10.9 Å². The minimum absolute atomic E-state index is 0.0214. The molecule has 2 N–H and O–H groups in total. The zero-order chi connectivity index (χ0) is 8.55. The maximum Gasteiger partial charge on any atom is 0.132 e. The number of benzene rings is 1. The zero-order valence-corrected chi connectivity index (χ0v) is 6.82. The second-order valence-electron chi connectivity index (χ2n) is 2.88. The molecule has 1 unspecified atom stereocenters. The lowest BCUT2D eigenvalue weighted by atomic mass is 10.1. The second-order valence-corrected chi connectivity index (χ2v) is 2.88. The van der Waals surface area contributed by atoms with Gasteiger partial charge in [0.25, 0.3) is 0 Å². The van der Waals surface area contributed by atoms with E-state index in [2.05, 4.69) is 5.16 Å². The fraction of sp³-hybridized carbons (Fsp3) is 0.222. The first-order valence-electron chi connectivity index (χ1n) is 3.87. The molecular weight excluding hydrogens is 152 g/mol. The predicted octanol–water partition coefficient (Wildman–Crippen LogP) is 1.85. The highest BCUT2D eigenvalue weighted by Gasteiger charge is 2.06. The third kappa shape index (κ3) is 0.987. The minimum Gasteiger partial charge on any atom is -0.363 e. The summed E-state index contributed by atoms with van der Waals surface area (Å²) in [5, 5.41) is 4.84. The van der Waals surface area contributed by atoms with E-state index in [4.69, 9.17) is 10.3 Å². The lowest BCUT2D eigenvalue weighted by Crippen LogP contribution is -2.04. The van der Waals surface area contributed by atoms with E-state index >= 15 is 0 Å². The summed E-state index contributed by atoms with van der Waals surface area (Å²) >= 11 is 0. The molecule has 0 aliphatic rings. The van der Waals surface area contributed by atoms with Crippen LogP contribution >= 0.6 is 0 Å². The molecule has 1 aromatic heterocycles. The minimum atomic E-state index is 0.0214. The highest BCUT2D eigenvalue weighted by atomic mass is 16.5. The maximum atomic E-state index is 5.77. The molecule has 2 rings (SSSR count). The van der Waals surface area contributed by atoms with Gasteiger partial charge in [-0.05, 0) is 18.6 Å². The number of fused-ring (bicyclic) bond motifs is 1. The number of aromatic nitrogens is 1. The Kier molecular flexibility index (Phi) is 1.59. The first-order chi connectivity index (χ1) is 5.79. The maximum absolute atomic E-state index is 5.77. The molecule has 2 aromatic rings. The molecule has 0 fully saturated rings. The Morgan fingerprint density at radius 1 is 1.50 bits per heavy atom. The Hall–Kier alpha value is -1.35. The third-order valence-corrected chi connectivity index (χ3v) is 1.93. The number of hydrogen-bond acceptors (Lipinski definition) is 3. The van der Waals surface area contributed by atoms with Crippen LogP contribution in [-0.2, 0) is 0 Å². The fourth-order valence-electron chi connectivity index (χ4n) is 1.31. The largest absolute Gasteiger partial charge is 0.363 e. The topological polar surface area (TPSA) is 52.0 Å². The smallest absolute Gasteiger partial charge is 0.132 e. The third-order valence-electron chi connectivity index (χ3n) is 1.93. The molecule has 3 nitrogen and oxygen atoms in total. The van der Waals surface area contributed by atoms with E-state index < -0.39 is 0 Å². The van der Waals surface area contributed by atoms with E-state index in [9.17, 15) is 0 Å². The monoisotopic (exact) mass is 162 g/mol. The van der Waals surface area contributed by atoms with Crippen LogP contribution in [0.1, 0.15) is 18.5 Å². The van der Waals surface area contributed by atoms with Crippen LogP contribution in [0.5, 0.6) is 0 Å². The van der Waals surface area contributed by atoms with Gasteiger partial charge in [-0.25, -0.2) is 0 Å². The molecular formula is C9H10N2O. The van der Waals surface area contributed by atoms with Crippen LogP contribution < -0.4 is 5.73 Å². The normalized spacial score (nSPS) is 13.5.